The molecule has 1 saturated heterocycles. The van der Waals surface area contributed by atoms with Gasteiger partial charge in [-0.2, -0.15) is 0 Å². The molecule has 0 aromatic rings. The van der Waals surface area contributed by atoms with Crippen LogP contribution in [0.25, 0.3) is 0 Å². The number of rotatable bonds is 0. The minimum absolute atomic E-state index is 0.403. The second kappa shape index (κ2) is 3.78. The first-order chi connectivity index (χ1) is 6.92. The minimum atomic E-state index is -0.888. The van der Waals surface area contributed by atoms with Gasteiger partial charge in [0.1, 0.15) is 7.28 Å². The maximum Gasteiger partial charge on any atom is 0.155 e. The highest BCUT2D eigenvalue weighted by Crippen LogP contribution is 2.50. The first kappa shape index (κ1) is 11.5. The maximum atomic E-state index is 9.98. The molecule has 0 amide bonds. The summed E-state index contributed by atoms with van der Waals surface area (Å²) in [5.41, 5.74) is 0.403. The summed E-state index contributed by atoms with van der Waals surface area (Å²) in [6, 6.07) is 0. The van der Waals surface area contributed by atoms with Crippen LogP contribution in [0.15, 0.2) is 0 Å². The molecule has 15 heavy (non-hydrogen) atoms. The quantitative estimate of drug-likeness (QED) is 0.620. The van der Waals surface area contributed by atoms with E-state index in [1.54, 1.807) is 6.92 Å². The monoisotopic (exact) mass is 210 g/mol. The SMILES string of the molecule is CC1(O)CBCC2CCC(CO1)C2(C)C. The molecule has 2 rings (SSSR count). The van der Waals surface area contributed by atoms with Gasteiger partial charge in [-0.15, -0.1) is 0 Å². The summed E-state index contributed by atoms with van der Waals surface area (Å²) in [5.74, 6) is 0.577. The molecule has 0 aromatic carbocycles. The summed E-state index contributed by atoms with van der Waals surface area (Å²) in [5, 5.41) is 9.98. The van der Waals surface area contributed by atoms with Crippen molar-refractivity contribution < 1.29 is 9.84 Å². The Hall–Kier alpha value is -0.0151. The van der Waals surface area contributed by atoms with Gasteiger partial charge in [0.2, 0.25) is 0 Å². The Labute approximate surface area is 93.6 Å². The topological polar surface area (TPSA) is 29.5 Å². The van der Waals surface area contributed by atoms with E-state index in [0.29, 0.717) is 11.3 Å². The van der Waals surface area contributed by atoms with Crippen LogP contribution in [-0.2, 0) is 4.74 Å². The van der Waals surface area contributed by atoms with Gasteiger partial charge in [-0.1, -0.05) is 26.6 Å². The molecular formula is C12H23BO2. The van der Waals surface area contributed by atoms with Crippen LogP contribution >= 0.6 is 0 Å². The Morgan fingerprint density at radius 3 is 2.60 bits per heavy atom. The normalized spacial score (nSPS) is 45.1. The van der Waals surface area contributed by atoms with Crippen LogP contribution in [0.2, 0.25) is 12.6 Å². The van der Waals surface area contributed by atoms with E-state index in [0.717, 1.165) is 26.1 Å². The van der Waals surface area contributed by atoms with E-state index in [1.807, 2.05) is 0 Å². The third-order valence-electron chi connectivity index (χ3n) is 4.76. The Morgan fingerprint density at radius 1 is 1.20 bits per heavy atom. The van der Waals surface area contributed by atoms with E-state index in [2.05, 4.69) is 13.8 Å². The van der Waals surface area contributed by atoms with E-state index in [4.69, 9.17) is 4.74 Å². The summed E-state index contributed by atoms with van der Waals surface area (Å²) >= 11 is 0. The fourth-order valence-electron chi connectivity index (χ4n) is 3.32. The average Bonchev–Trinajstić information content (AvgIpc) is 2.41. The van der Waals surface area contributed by atoms with Gasteiger partial charge >= 0.3 is 0 Å². The van der Waals surface area contributed by atoms with Gasteiger partial charge in [0.15, 0.2) is 5.79 Å². The molecule has 0 aromatic heterocycles. The van der Waals surface area contributed by atoms with Crippen molar-refractivity contribution in [2.45, 2.75) is 52.0 Å². The van der Waals surface area contributed by atoms with Crippen molar-refractivity contribution in [1.82, 2.24) is 0 Å². The van der Waals surface area contributed by atoms with Crippen molar-refractivity contribution in [2.24, 2.45) is 17.3 Å². The lowest BCUT2D eigenvalue weighted by molar-refractivity contribution is -0.187. The average molecular weight is 210 g/mol. The molecule has 2 nitrogen and oxygen atoms in total. The zero-order valence-electron chi connectivity index (χ0n) is 10.3. The van der Waals surface area contributed by atoms with Gasteiger partial charge in [0.05, 0.1) is 6.61 Å². The highest BCUT2D eigenvalue weighted by Gasteiger charge is 2.44. The van der Waals surface area contributed by atoms with E-state index < -0.39 is 5.79 Å². The van der Waals surface area contributed by atoms with Crippen LogP contribution in [-0.4, -0.2) is 24.8 Å². The molecule has 1 aliphatic heterocycles. The van der Waals surface area contributed by atoms with Crippen LogP contribution in [0, 0.1) is 17.3 Å². The van der Waals surface area contributed by atoms with Gasteiger partial charge in [-0.05, 0) is 36.9 Å². The molecule has 1 aliphatic carbocycles. The smallest absolute Gasteiger partial charge is 0.155 e. The van der Waals surface area contributed by atoms with Crippen LogP contribution < -0.4 is 0 Å². The van der Waals surface area contributed by atoms with E-state index in [9.17, 15) is 5.11 Å². The number of fused-ring (bicyclic) bond motifs is 2. The Balaban J connectivity index is 2.12. The number of hydrogen-bond acceptors (Lipinski definition) is 2. The molecule has 1 N–H and O–H groups in total. The maximum absolute atomic E-state index is 9.98. The molecule has 0 radical (unpaired) electrons. The second-order valence-electron chi connectivity index (χ2n) is 6.17. The van der Waals surface area contributed by atoms with Crippen LogP contribution in [0.5, 0.6) is 0 Å². The Bertz CT molecular complexity index is 238. The lowest BCUT2D eigenvalue weighted by atomic mass is 9.60. The van der Waals surface area contributed by atoms with E-state index in [-0.39, 0.29) is 0 Å². The third kappa shape index (κ3) is 2.23. The Morgan fingerprint density at radius 2 is 1.87 bits per heavy atom. The minimum Gasteiger partial charge on any atom is -0.366 e. The molecule has 0 spiro atoms. The second-order valence-corrected chi connectivity index (χ2v) is 6.17. The van der Waals surface area contributed by atoms with Gasteiger partial charge in [0, 0.05) is 0 Å². The van der Waals surface area contributed by atoms with Crippen molar-refractivity contribution >= 4 is 7.28 Å². The summed E-state index contributed by atoms with van der Waals surface area (Å²) in [6.45, 7) is 7.28. The summed E-state index contributed by atoms with van der Waals surface area (Å²) in [4.78, 5) is 0. The Kier molecular flexibility index (Phi) is 2.89. The predicted molar refractivity (Wildman–Crippen MR) is 63.3 cm³/mol. The molecule has 3 heteroatoms. The summed E-state index contributed by atoms with van der Waals surface area (Å²) < 4.78 is 5.67. The fraction of sp³-hybridized carbons (Fsp3) is 1.00. The van der Waals surface area contributed by atoms with Crippen molar-refractivity contribution in [3.05, 3.63) is 0 Å². The molecule has 1 saturated carbocycles. The first-order valence-corrected chi connectivity index (χ1v) is 6.28. The highest BCUT2D eigenvalue weighted by molar-refractivity contribution is 6.35. The van der Waals surface area contributed by atoms with Gasteiger partial charge < -0.3 is 9.84 Å². The van der Waals surface area contributed by atoms with Crippen molar-refractivity contribution in [1.29, 1.82) is 0 Å². The third-order valence-corrected chi connectivity index (χ3v) is 4.76. The van der Waals surface area contributed by atoms with Crippen molar-refractivity contribution in [2.75, 3.05) is 6.61 Å². The van der Waals surface area contributed by atoms with Gasteiger partial charge in [0.25, 0.3) is 0 Å². The highest BCUT2D eigenvalue weighted by atomic mass is 16.6. The zero-order chi connectivity index (χ0) is 11.1. The zero-order valence-corrected chi connectivity index (χ0v) is 10.3. The molecule has 2 aliphatic rings. The first-order valence-electron chi connectivity index (χ1n) is 6.28. The lowest BCUT2D eigenvalue weighted by Gasteiger charge is -2.33. The van der Waals surface area contributed by atoms with Crippen LogP contribution in [0.3, 0.4) is 0 Å². The number of aliphatic hydroxyl groups is 1. The standard InChI is InChI=1S/C12H23BO2/c1-11(2)9-4-5-10(11)7-15-12(3,14)8-13-6-9/h9-10,13-14H,4-8H2,1-3H3. The molecule has 3 atom stereocenters. The fourth-order valence-corrected chi connectivity index (χ4v) is 3.32. The molecule has 2 fully saturated rings. The van der Waals surface area contributed by atoms with Crippen LogP contribution in [0.4, 0.5) is 0 Å². The number of hydrogen-bond donors (Lipinski definition) is 1. The largest absolute Gasteiger partial charge is 0.366 e. The summed E-state index contributed by atoms with van der Waals surface area (Å²) in [6.07, 6.45) is 4.66. The predicted octanol–water partition coefficient (Wildman–Crippen LogP) is 2.05. The van der Waals surface area contributed by atoms with E-state index in [1.165, 1.54) is 19.2 Å². The van der Waals surface area contributed by atoms with Gasteiger partial charge in [-0.3, -0.25) is 0 Å². The number of ether oxygens (including phenoxy) is 1. The molecule has 2 bridgehead atoms. The molecule has 3 unspecified atom stereocenters. The lowest BCUT2D eigenvalue weighted by Crippen LogP contribution is -2.32. The van der Waals surface area contributed by atoms with Crippen molar-refractivity contribution in [3.8, 4) is 0 Å². The molecule has 1 heterocycles. The van der Waals surface area contributed by atoms with Crippen LogP contribution in [0.1, 0.15) is 33.6 Å². The van der Waals surface area contributed by atoms with Crippen molar-refractivity contribution in [3.63, 3.8) is 0 Å². The van der Waals surface area contributed by atoms with E-state index >= 15 is 0 Å². The summed E-state index contributed by atoms with van der Waals surface area (Å²) in [7, 11) is 1.09. The molecular weight excluding hydrogens is 187 g/mol. The van der Waals surface area contributed by atoms with Gasteiger partial charge in [-0.25, -0.2) is 0 Å². The molecule has 86 valence electrons.